The van der Waals surface area contributed by atoms with Crippen molar-refractivity contribution in [1.29, 1.82) is 5.26 Å². The predicted octanol–water partition coefficient (Wildman–Crippen LogP) is 5.37. The fourth-order valence-corrected chi connectivity index (χ4v) is 4.16. The first-order chi connectivity index (χ1) is 11.7. The topological polar surface area (TPSA) is 61.1 Å². The number of carbonyl (C=O) groups is 1. The molecule has 5 heteroatoms. The summed E-state index contributed by atoms with van der Waals surface area (Å²) in [7, 11) is 0. The maximum atomic E-state index is 11.5. The Hall–Kier alpha value is -2.55. The average Bonchev–Trinajstić information content (AvgIpc) is 3.06. The van der Waals surface area contributed by atoms with Crippen LogP contribution < -0.4 is 0 Å². The summed E-state index contributed by atoms with van der Waals surface area (Å²) in [5.41, 5.74) is 3.33. The summed E-state index contributed by atoms with van der Waals surface area (Å²) < 4.78 is 0. The summed E-state index contributed by atoms with van der Waals surface area (Å²) in [5.74, 6) is -1.07. The molecular weight excluding hydrogens is 338 g/mol. The fraction of sp³-hybridized carbons (Fsp3) is 0.0526. The maximum absolute atomic E-state index is 11.5. The van der Waals surface area contributed by atoms with Gasteiger partial charge in [0.1, 0.15) is 6.07 Å². The van der Waals surface area contributed by atoms with Gasteiger partial charge >= 0.3 is 5.97 Å². The van der Waals surface area contributed by atoms with Gasteiger partial charge in [0.05, 0.1) is 16.0 Å². The highest BCUT2D eigenvalue weighted by Gasteiger charge is 2.19. The normalized spacial score (nSPS) is 10.3. The monoisotopic (exact) mass is 351 g/mol. The molecule has 3 nitrogen and oxygen atoms in total. The van der Waals surface area contributed by atoms with E-state index >= 15 is 0 Å². The number of aromatic carboxylic acids is 1. The van der Waals surface area contributed by atoms with E-state index in [-0.39, 0.29) is 11.1 Å². The van der Waals surface area contributed by atoms with Gasteiger partial charge in [0.2, 0.25) is 0 Å². The van der Waals surface area contributed by atoms with E-state index < -0.39 is 5.97 Å². The van der Waals surface area contributed by atoms with Crippen LogP contribution in [0.5, 0.6) is 0 Å². The molecular formula is C19H13NO2S2. The van der Waals surface area contributed by atoms with Crippen LogP contribution in [0.1, 0.15) is 15.9 Å². The lowest BCUT2D eigenvalue weighted by Crippen LogP contribution is -1.98. The fourth-order valence-electron chi connectivity index (χ4n) is 2.55. The van der Waals surface area contributed by atoms with Crippen LogP contribution in [0.15, 0.2) is 58.8 Å². The van der Waals surface area contributed by atoms with Crippen LogP contribution in [0, 0.1) is 11.3 Å². The van der Waals surface area contributed by atoms with E-state index in [1.165, 1.54) is 16.2 Å². The number of benzene rings is 2. The number of nitriles is 1. The summed E-state index contributed by atoms with van der Waals surface area (Å²) in [6.07, 6.45) is 2.04. The molecule has 0 atom stereocenters. The van der Waals surface area contributed by atoms with Crippen molar-refractivity contribution >= 4 is 29.1 Å². The molecule has 0 aliphatic rings. The maximum Gasteiger partial charge on any atom is 0.338 e. The molecule has 0 bridgehead atoms. The Labute approximate surface area is 148 Å². The highest BCUT2D eigenvalue weighted by molar-refractivity contribution is 7.98. The number of hydrogen-bond donors (Lipinski definition) is 1. The molecule has 3 aromatic rings. The summed E-state index contributed by atoms with van der Waals surface area (Å²) in [6, 6.07) is 17.9. The van der Waals surface area contributed by atoms with E-state index in [0.29, 0.717) is 4.88 Å². The first-order valence-electron chi connectivity index (χ1n) is 7.14. The molecule has 1 heterocycles. The van der Waals surface area contributed by atoms with Gasteiger partial charge in [0.25, 0.3) is 0 Å². The zero-order valence-corrected chi connectivity index (χ0v) is 14.4. The minimum atomic E-state index is -1.07. The number of hydrogen-bond acceptors (Lipinski definition) is 4. The van der Waals surface area contributed by atoms with Crippen molar-refractivity contribution in [3.05, 3.63) is 65.0 Å². The number of rotatable bonds is 4. The van der Waals surface area contributed by atoms with Gasteiger partial charge in [-0.05, 0) is 29.0 Å². The molecule has 0 saturated carbocycles. The number of thiophene rings is 1. The minimum Gasteiger partial charge on any atom is -0.478 e. The van der Waals surface area contributed by atoms with Crippen molar-refractivity contribution in [3.8, 4) is 27.6 Å². The number of nitrogens with zero attached hydrogens (tertiary/aromatic N) is 1. The lowest BCUT2D eigenvalue weighted by atomic mass is 10.0. The molecule has 0 radical (unpaired) electrons. The summed E-state index contributed by atoms with van der Waals surface area (Å²) >= 11 is 2.98. The van der Waals surface area contributed by atoms with E-state index in [1.807, 2.05) is 48.7 Å². The van der Waals surface area contributed by atoms with E-state index in [1.54, 1.807) is 17.1 Å². The van der Waals surface area contributed by atoms with Gasteiger partial charge in [-0.15, -0.1) is 23.1 Å². The molecule has 3 rings (SSSR count). The predicted molar refractivity (Wildman–Crippen MR) is 98.6 cm³/mol. The van der Waals surface area contributed by atoms with Crippen molar-refractivity contribution in [2.24, 2.45) is 0 Å². The molecule has 0 aliphatic carbocycles. The number of thioether (sulfide) groups is 1. The molecule has 24 heavy (non-hydrogen) atoms. The molecule has 0 amide bonds. The number of carboxylic acid groups (broad SMARTS) is 1. The molecule has 2 aromatic carbocycles. The van der Waals surface area contributed by atoms with E-state index in [2.05, 4.69) is 12.1 Å². The van der Waals surface area contributed by atoms with Crippen molar-refractivity contribution in [3.63, 3.8) is 0 Å². The lowest BCUT2D eigenvalue weighted by molar-refractivity contribution is 0.0698. The van der Waals surface area contributed by atoms with Gasteiger partial charge in [0, 0.05) is 10.3 Å². The van der Waals surface area contributed by atoms with Crippen LogP contribution in [-0.4, -0.2) is 17.3 Å². The zero-order valence-electron chi connectivity index (χ0n) is 12.8. The van der Waals surface area contributed by atoms with Crippen molar-refractivity contribution < 1.29 is 9.90 Å². The molecule has 118 valence electrons. The van der Waals surface area contributed by atoms with Gasteiger partial charge < -0.3 is 5.11 Å². The average molecular weight is 351 g/mol. The van der Waals surface area contributed by atoms with Crippen LogP contribution in [0.4, 0.5) is 0 Å². The molecule has 1 N–H and O–H groups in total. The van der Waals surface area contributed by atoms with Crippen molar-refractivity contribution in [2.45, 2.75) is 4.90 Å². The Morgan fingerprint density at radius 3 is 2.42 bits per heavy atom. The SMILES string of the molecule is CSc1ccccc1-c1ccc(-c2scc(C#N)c2C(=O)O)cc1. The van der Waals surface area contributed by atoms with Crippen LogP contribution in [0.2, 0.25) is 0 Å². The van der Waals surface area contributed by atoms with Crippen molar-refractivity contribution in [1.82, 2.24) is 0 Å². The largest absolute Gasteiger partial charge is 0.478 e. The van der Waals surface area contributed by atoms with E-state index in [4.69, 9.17) is 5.26 Å². The Balaban J connectivity index is 2.04. The number of carboxylic acids is 1. The van der Waals surface area contributed by atoms with Crippen LogP contribution in [0.3, 0.4) is 0 Å². The van der Waals surface area contributed by atoms with E-state index in [0.717, 1.165) is 16.7 Å². The summed E-state index contributed by atoms with van der Waals surface area (Å²) in [4.78, 5) is 13.3. The summed E-state index contributed by atoms with van der Waals surface area (Å²) in [5, 5.41) is 20.0. The molecule has 0 fully saturated rings. The second kappa shape index (κ2) is 6.91. The Morgan fingerprint density at radius 1 is 1.12 bits per heavy atom. The highest BCUT2D eigenvalue weighted by atomic mass is 32.2. The smallest absolute Gasteiger partial charge is 0.338 e. The first kappa shape index (κ1) is 16.3. The Morgan fingerprint density at radius 2 is 1.79 bits per heavy atom. The third-order valence-electron chi connectivity index (χ3n) is 3.69. The van der Waals surface area contributed by atoms with Gasteiger partial charge in [0.15, 0.2) is 0 Å². The standard InChI is InChI=1S/C19H13NO2S2/c1-23-16-5-3-2-4-15(16)12-6-8-13(9-7-12)18-17(19(21)22)14(10-20)11-24-18/h2-9,11H,1H3,(H,21,22). The van der Waals surface area contributed by atoms with Crippen molar-refractivity contribution in [2.75, 3.05) is 6.26 Å². The Kier molecular flexibility index (Phi) is 4.70. The Bertz CT molecular complexity index is 937. The quantitative estimate of drug-likeness (QED) is 0.642. The molecule has 0 saturated heterocycles. The zero-order chi connectivity index (χ0) is 17.1. The highest BCUT2D eigenvalue weighted by Crippen LogP contribution is 2.35. The molecule has 1 aromatic heterocycles. The second-order valence-electron chi connectivity index (χ2n) is 5.05. The first-order valence-corrected chi connectivity index (χ1v) is 9.25. The van der Waals surface area contributed by atoms with Crippen LogP contribution in [-0.2, 0) is 0 Å². The van der Waals surface area contributed by atoms with Gasteiger partial charge in [-0.25, -0.2) is 4.79 Å². The van der Waals surface area contributed by atoms with Crippen LogP contribution >= 0.6 is 23.1 Å². The van der Waals surface area contributed by atoms with Gasteiger partial charge in [-0.1, -0.05) is 42.5 Å². The summed E-state index contributed by atoms with van der Waals surface area (Å²) in [6.45, 7) is 0. The van der Waals surface area contributed by atoms with Gasteiger partial charge in [-0.3, -0.25) is 0 Å². The van der Waals surface area contributed by atoms with Crippen LogP contribution in [0.25, 0.3) is 21.6 Å². The third kappa shape index (κ3) is 2.94. The van der Waals surface area contributed by atoms with E-state index in [9.17, 15) is 9.90 Å². The third-order valence-corrected chi connectivity index (χ3v) is 5.52. The molecule has 0 spiro atoms. The minimum absolute atomic E-state index is 0.0831. The molecule has 0 aliphatic heterocycles. The lowest BCUT2D eigenvalue weighted by Gasteiger charge is -2.08. The molecule has 0 unspecified atom stereocenters. The van der Waals surface area contributed by atoms with Gasteiger partial charge in [-0.2, -0.15) is 5.26 Å². The second-order valence-corrected chi connectivity index (χ2v) is 6.78.